The van der Waals surface area contributed by atoms with E-state index in [1.165, 1.54) is 10.5 Å². The summed E-state index contributed by atoms with van der Waals surface area (Å²) >= 11 is -1.55. The molecular weight excluding hydrogens is 289 g/mol. The third-order valence-corrected chi connectivity index (χ3v) is 11.0. The van der Waals surface area contributed by atoms with E-state index in [2.05, 4.69) is 72.2 Å². The van der Waals surface area contributed by atoms with Gasteiger partial charge in [-0.25, -0.2) is 0 Å². The summed E-state index contributed by atoms with van der Waals surface area (Å²) in [6.07, 6.45) is 0. The van der Waals surface area contributed by atoms with Crippen LogP contribution in [0.3, 0.4) is 0 Å². The maximum absolute atomic E-state index is 2.60. The van der Waals surface area contributed by atoms with Crippen molar-refractivity contribution < 1.29 is 0 Å². The summed E-state index contributed by atoms with van der Waals surface area (Å²) in [7, 11) is 0. The van der Waals surface area contributed by atoms with Crippen molar-refractivity contribution in [2.24, 2.45) is 0 Å². The first kappa shape index (κ1) is 13.0. The van der Waals surface area contributed by atoms with Crippen molar-refractivity contribution in [3.05, 3.63) is 71.8 Å². The van der Waals surface area contributed by atoms with E-state index in [0.717, 1.165) is 11.8 Å². The summed E-state index contributed by atoms with van der Waals surface area (Å²) in [5, 5.41) is 2.95. The molecule has 0 aromatic heterocycles. The van der Waals surface area contributed by atoms with Crippen molar-refractivity contribution in [1.29, 1.82) is 0 Å². The predicted molar refractivity (Wildman–Crippen MR) is 85.5 cm³/mol. The molecule has 0 radical (unpaired) electrons. The first-order valence-electron chi connectivity index (χ1n) is 7.26. The predicted octanol–water partition coefficient (Wildman–Crippen LogP) is 5.28. The van der Waals surface area contributed by atoms with E-state index in [9.17, 15) is 0 Å². The zero-order chi connectivity index (χ0) is 13.3. The monoisotopic (exact) mass is 312 g/mol. The Morgan fingerprint density at radius 3 is 1.42 bits per heavy atom. The van der Waals surface area contributed by atoms with Gasteiger partial charge in [0.2, 0.25) is 0 Å². The Kier molecular flexibility index (Phi) is 3.53. The zero-order valence-corrected chi connectivity index (χ0v) is 13.9. The van der Waals surface area contributed by atoms with Crippen LogP contribution >= 0.6 is 0 Å². The van der Waals surface area contributed by atoms with Gasteiger partial charge in [-0.3, -0.25) is 0 Å². The Morgan fingerprint density at radius 2 is 1.05 bits per heavy atom. The second-order valence-electron chi connectivity index (χ2n) is 6.61. The van der Waals surface area contributed by atoms with Gasteiger partial charge < -0.3 is 0 Å². The van der Waals surface area contributed by atoms with Gasteiger partial charge in [-0.2, -0.15) is 0 Å². The van der Waals surface area contributed by atoms with E-state index in [0.29, 0.717) is 0 Å². The molecule has 1 fully saturated rings. The molecule has 0 N–H and O–H groups in total. The summed E-state index contributed by atoms with van der Waals surface area (Å²) in [5.41, 5.74) is 3.10. The van der Waals surface area contributed by atoms with E-state index < -0.39 is 13.3 Å². The van der Waals surface area contributed by atoms with Crippen LogP contribution < -0.4 is 0 Å². The third-order valence-electron chi connectivity index (χ3n) is 4.49. The van der Waals surface area contributed by atoms with Crippen LogP contribution in [0.4, 0.5) is 0 Å². The summed E-state index contributed by atoms with van der Waals surface area (Å²) in [5.74, 6) is 6.69. The van der Waals surface area contributed by atoms with Gasteiger partial charge in [-0.05, 0) is 0 Å². The van der Waals surface area contributed by atoms with Gasteiger partial charge in [0.1, 0.15) is 0 Å². The fourth-order valence-corrected chi connectivity index (χ4v) is 11.2. The van der Waals surface area contributed by atoms with Crippen molar-refractivity contribution in [3.8, 4) is 0 Å². The van der Waals surface area contributed by atoms with Crippen LogP contribution in [0.25, 0.3) is 0 Å². The van der Waals surface area contributed by atoms with Gasteiger partial charge in [0.05, 0.1) is 0 Å². The normalized spacial score (nSPS) is 25.4. The van der Waals surface area contributed by atoms with Crippen molar-refractivity contribution in [3.63, 3.8) is 0 Å². The van der Waals surface area contributed by atoms with Crippen LogP contribution in [0.1, 0.15) is 23.0 Å². The van der Waals surface area contributed by atoms with Gasteiger partial charge in [-0.1, -0.05) is 0 Å². The molecule has 98 valence electrons. The van der Waals surface area contributed by atoms with E-state index >= 15 is 0 Å². The molecule has 0 amide bonds. The molecule has 1 aliphatic rings. The molecule has 0 nitrogen and oxygen atoms in total. The first-order chi connectivity index (χ1) is 9.16. The molecule has 3 rings (SSSR count). The molecule has 2 atom stereocenters. The van der Waals surface area contributed by atoms with Crippen molar-refractivity contribution in [2.75, 3.05) is 0 Å². The van der Waals surface area contributed by atoms with E-state index in [1.807, 2.05) is 0 Å². The summed E-state index contributed by atoms with van der Waals surface area (Å²) < 4.78 is 0. The van der Waals surface area contributed by atoms with Crippen LogP contribution in [-0.4, -0.2) is 13.3 Å². The molecule has 0 spiro atoms. The average Bonchev–Trinajstić information content (AvgIpc) is 2.77. The molecule has 2 aromatic carbocycles. The third kappa shape index (κ3) is 2.79. The van der Waals surface area contributed by atoms with Gasteiger partial charge in [0.15, 0.2) is 0 Å². The molecule has 0 saturated carbocycles. The van der Waals surface area contributed by atoms with E-state index in [1.54, 1.807) is 11.1 Å². The Labute approximate surface area is 119 Å². The molecule has 1 aliphatic heterocycles. The van der Waals surface area contributed by atoms with Crippen LogP contribution in [0, 0.1) is 0 Å². The van der Waals surface area contributed by atoms with E-state index in [4.69, 9.17) is 0 Å². The van der Waals surface area contributed by atoms with Crippen LogP contribution in [0.5, 0.6) is 0 Å². The topological polar surface area (TPSA) is 0 Å². The van der Waals surface area contributed by atoms with Crippen LogP contribution in [-0.2, 0) is 0 Å². The maximum atomic E-state index is 2.60. The molecule has 1 saturated heterocycles. The number of hydrogen-bond donors (Lipinski definition) is 0. The summed E-state index contributed by atoms with van der Waals surface area (Å²) in [6, 6.07) is 22.3. The molecule has 1 heterocycles. The average molecular weight is 311 g/mol. The molecule has 0 unspecified atom stereocenters. The Balaban J connectivity index is 1.97. The van der Waals surface area contributed by atoms with Crippen LogP contribution in [0.15, 0.2) is 60.7 Å². The first-order valence-corrected chi connectivity index (χ1v) is 14.4. The van der Waals surface area contributed by atoms with Gasteiger partial charge in [0.25, 0.3) is 0 Å². The van der Waals surface area contributed by atoms with Crippen molar-refractivity contribution in [2.45, 2.75) is 33.9 Å². The Bertz CT molecular complexity index is 481. The minimum atomic E-state index is -1.55. The van der Waals surface area contributed by atoms with Gasteiger partial charge in [0, 0.05) is 0 Å². The van der Waals surface area contributed by atoms with Gasteiger partial charge >= 0.3 is 119 Å². The second-order valence-corrected chi connectivity index (χ2v) is 17.4. The molecule has 1 heteroatoms. The van der Waals surface area contributed by atoms with Crippen molar-refractivity contribution >= 4 is 13.3 Å². The molecule has 19 heavy (non-hydrogen) atoms. The van der Waals surface area contributed by atoms with E-state index in [-0.39, 0.29) is 0 Å². The minimum absolute atomic E-state index is 0.749. The van der Waals surface area contributed by atoms with Crippen molar-refractivity contribution in [1.82, 2.24) is 0 Å². The quantitative estimate of drug-likeness (QED) is 0.662. The Hall–Kier alpha value is -1.02. The molecule has 0 bridgehead atoms. The molecule has 0 aliphatic carbocycles. The molecule has 2 aromatic rings. The zero-order valence-electron chi connectivity index (χ0n) is 11.8. The summed E-state index contributed by atoms with van der Waals surface area (Å²) in [4.78, 5) is 0. The molecular formula is C18H22Ge. The number of hydrogen-bond acceptors (Lipinski definition) is 0. The number of rotatable bonds is 2. The SMILES string of the molecule is [CH3][Ge]1([CH3])[CH2][C@H](c2ccccc2)[C@H](c2ccccc2)[CH2]1. The standard InChI is InChI=1S/C18H22Ge/c1-19(2)13-17(15-9-5-3-6-10-15)18(14-19)16-11-7-4-8-12-16/h3-12,17-18H,13-14H2,1-2H3/t17-,18+. The fourth-order valence-electron chi connectivity index (χ4n) is 3.66. The van der Waals surface area contributed by atoms with Gasteiger partial charge in [-0.15, -0.1) is 0 Å². The number of benzene rings is 2. The second kappa shape index (κ2) is 5.16. The van der Waals surface area contributed by atoms with Crippen LogP contribution in [0.2, 0.25) is 22.0 Å². The Morgan fingerprint density at radius 1 is 0.684 bits per heavy atom. The fraction of sp³-hybridized carbons (Fsp3) is 0.333. The summed E-state index contributed by atoms with van der Waals surface area (Å²) in [6.45, 7) is 0.